The van der Waals surface area contributed by atoms with Gasteiger partial charge in [-0.25, -0.2) is 4.98 Å². The van der Waals surface area contributed by atoms with Gasteiger partial charge in [-0.05, 0) is 18.9 Å². The van der Waals surface area contributed by atoms with Crippen molar-refractivity contribution in [1.82, 2.24) is 14.6 Å². The van der Waals surface area contributed by atoms with Gasteiger partial charge >= 0.3 is 0 Å². The zero-order valence-corrected chi connectivity index (χ0v) is 8.97. The van der Waals surface area contributed by atoms with Gasteiger partial charge in [-0.15, -0.1) is 0 Å². The predicted molar refractivity (Wildman–Crippen MR) is 60.1 cm³/mol. The van der Waals surface area contributed by atoms with E-state index in [1.54, 1.807) is 16.8 Å². The number of fused-ring (bicyclic) bond motifs is 1. The van der Waals surface area contributed by atoms with E-state index >= 15 is 0 Å². The van der Waals surface area contributed by atoms with Gasteiger partial charge in [0, 0.05) is 25.3 Å². The number of hydrogen-bond acceptors (Lipinski definition) is 4. The highest BCUT2D eigenvalue weighted by atomic mass is 16.5. The van der Waals surface area contributed by atoms with Crippen LogP contribution in [0.3, 0.4) is 0 Å². The maximum Gasteiger partial charge on any atom is 0.157 e. The molecule has 0 saturated carbocycles. The summed E-state index contributed by atoms with van der Waals surface area (Å²) in [7, 11) is 0. The first-order chi connectivity index (χ1) is 7.83. The second-order valence-electron chi connectivity index (χ2n) is 4.11. The van der Waals surface area contributed by atoms with Crippen molar-refractivity contribution in [2.75, 3.05) is 12.3 Å². The van der Waals surface area contributed by atoms with Gasteiger partial charge in [0.15, 0.2) is 5.65 Å². The molecular formula is C11H14N4O. The first-order valence-corrected chi connectivity index (χ1v) is 5.54. The second-order valence-corrected chi connectivity index (χ2v) is 4.11. The molecule has 1 saturated heterocycles. The third kappa shape index (κ3) is 1.63. The first-order valence-electron chi connectivity index (χ1n) is 5.54. The molecule has 1 atom stereocenters. The van der Waals surface area contributed by atoms with Crippen LogP contribution in [0.2, 0.25) is 0 Å². The molecular weight excluding hydrogens is 204 g/mol. The Labute approximate surface area is 93.2 Å². The van der Waals surface area contributed by atoms with Crippen molar-refractivity contribution in [3.8, 4) is 0 Å². The molecule has 2 aromatic rings. The quantitative estimate of drug-likeness (QED) is 0.817. The van der Waals surface area contributed by atoms with Gasteiger partial charge in [-0.1, -0.05) is 0 Å². The van der Waals surface area contributed by atoms with Crippen molar-refractivity contribution in [3.05, 3.63) is 24.0 Å². The molecule has 1 unspecified atom stereocenters. The summed E-state index contributed by atoms with van der Waals surface area (Å²) < 4.78 is 7.25. The van der Waals surface area contributed by atoms with Crippen molar-refractivity contribution in [1.29, 1.82) is 0 Å². The van der Waals surface area contributed by atoms with Crippen molar-refractivity contribution in [2.24, 2.45) is 0 Å². The third-order valence-corrected chi connectivity index (χ3v) is 2.90. The van der Waals surface area contributed by atoms with Crippen LogP contribution in [0.15, 0.2) is 18.3 Å². The first kappa shape index (κ1) is 9.59. The van der Waals surface area contributed by atoms with E-state index in [-0.39, 0.29) is 0 Å². The zero-order chi connectivity index (χ0) is 11.0. The Morgan fingerprint density at radius 3 is 3.25 bits per heavy atom. The summed E-state index contributed by atoms with van der Waals surface area (Å²) in [6.45, 7) is 0.873. The Kier molecular flexibility index (Phi) is 2.25. The summed E-state index contributed by atoms with van der Waals surface area (Å²) in [5.41, 5.74) is 7.60. The van der Waals surface area contributed by atoms with Gasteiger partial charge in [0.1, 0.15) is 5.82 Å². The van der Waals surface area contributed by atoms with Gasteiger partial charge in [-0.3, -0.25) is 0 Å². The lowest BCUT2D eigenvalue weighted by Crippen LogP contribution is -2.09. The van der Waals surface area contributed by atoms with Crippen LogP contribution in [0.4, 0.5) is 5.82 Å². The summed E-state index contributed by atoms with van der Waals surface area (Å²) in [6.07, 6.45) is 5.13. The van der Waals surface area contributed by atoms with Crippen LogP contribution in [0.1, 0.15) is 18.5 Å². The number of aromatic nitrogens is 3. The highest BCUT2D eigenvalue weighted by Crippen LogP contribution is 2.17. The fourth-order valence-electron chi connectivity index (χ4n) is 2.10. The molecule has 2 aromatic heterocycles. The standard InChI is InChI=1S/C11H14N4O/c12-10-3-4-13-11-7-8(14-15(10)11)6-9-2-1-5-16-9/h3-4,7,9H,1-2,5-6,12H2. The number of nitrogen functional groups attached to an aromatic ring is 1. The Bertz CT molecular complexity index is 502. The van der Waals surface area contributed by atoms with Gasteiger partial charge in [0.2, 0.25) is 0 Å². The minimum atomic E-state index is 0.311. The summed E-state index contributed by atoms with van der Waals surface area (Å²) in [5.74, 6) is 0.614. The van der Waals surface area contributed by atoms with Gasteiger partial charge in [0.05, 0.1) is 11.8 Å². The molecule has 5 nitrogen and oxygen atoms in total. The van der Waals surface area contributed by atoms with Crippen LogP contribution >= 0.6 is 0 Å². The molecule has 3 heterocycles. The van der Waals surface area contributed by atoms with Crippen LogP contribution in [-0.4, -0.2) is 27.3 Å². The van der Waals surface area contributed by atoms with E-state index in [2.05, 4.69) is 10.1 Å². The lowest BCUT2D eigenvalue weighted by Gasteiger charge is -2.05. The Balaban J connectivity index is 1.90. The van der Waals surface area contributed by atoms with Crippen LogP contribution in [-0.2, 0) is 11.2 Å². The number of nitrogens with zero attached hydrogens (tertiary/aromatic N) is 3. The second kappa shape index (κ2) is 3.75. The van der Waals surface area contributed by atoms with Crippen LogP contribution in [0.5, 0.6) is 0 Å². The SMILES string of the molecule is Nc1ccnc2cc(CC3CCCO3)nn12. The van der Waals surface area contributed by atoms with Gasteiger partial charge in [-0.2, -0.15) is 9.61 Å². The minimum absolute atomic E-state index is 0.311. The smallest absolute Gasteiger partial charge is 0.157 e. The Morgan fingerprint density at radius 2 is 2.50 bits per heavy atom. The van der Waals surface area contributed by atoms with Crippen molar-refractivity contribution >= 4 is 11.5 Å². The molecule has 3 rings (SSSR count). The molecule has 1 fully saturated rings. The largest absolute Gasteiger partial charge is 0.384 e. The van der Waals surface area contributed by atoms with E-state index in [0.717, 1.165) is 37.2 Å². The van der Waals surface area contributed by atoms with Crippen molar-refractivity contribution in [3.63, 3.8) is 0 Å². The fourth-order valence-corrected chi connectivity index (χ4v) is 2.10. The molecule has 5 heteroatoms. The molecule has 1 aliphatic heterocycles. The minimum Gasteiger partial charge on any atom is -0.384 e. The van der Waals surface area contributed by atoms with Crippen molar-refractivity contribution < 1.29 is 4.74 Å². The molecule has 0 amide bonds. The normalized spacial score (nSPS) is 20.6. The van der Waals surface area contributed by atoms with Crippen LogP contribution in [0, 0.1) is 0 Å². The topological polar surface area (TPSA) is 65.4 Å². The lowest BCUT2D eigenvalue weighted by atomic mass is 10.1. The summed E-state index contributed by atoms with van der Waals surface area (Å²) in [6, 6.07) is 3.72. The fraction of sp³-hybridized carbons (Fsp3) is 0.455. The highest BCUT2D eigenvalue weighted by Gasteiger charge is 2.17. The summed E-state index contributed by atoms with van der Waals surface area (Å²) in [5, 5.41) is 4.42. The van der Waals surface area contributed by atoms with Crippen LogP contribution in [0.25, 0.3) is 5.65 Å². The lowest BCUT2D eigenvalue weighted by molar-refractivity contribution is 0.110. The van der Waals surface area contributed by atoms with Gasteiger partial charge in [0.25, 0.3) is 0 Å². The molecule has 0 bridgehead atoms. The van der Waals surface area contributed by atoms with E-state index in [0.29, 0.717) is 11.9 Å². The summed E-state index contributed by atoms with van der Waals surface area (Å²) >= 11 is 0. The monoisotopic (exact) mass is 218 g/mol. The van der Waals surface area contributed by atoms with E-state index in [1.807, 2.05) is 6.07 Å². The molecule has 1 aliphatic rings. The van der Waals surface area contributed by atoms with Crippen molar-refractivity contribution in [2.45, 2.75) is 25.4 Å². The van der Waals surface area contributed by atoms with Gasteiger partial charge < -0.3 is 10.5 Å². The van der Waals surface area contributed by atoms with E-state index in [9.17, 15) is 0 Å². The molecule has 0 aliphatic carbocycles. The maximum absolute atomic E-state index is 5.81. The molecule has 0 radical (unpaired) electrons. The number of ether oxygens (including phenoxy) is 1. The summed E-state index contributed by atoms with van der Waals surface area (Å²) in [4.78, 5) is 4.22. The number of anilines is 1. The molecule has 0 spiro atoms. The zero-order valence-electron chi connectivity index (χ0n) is 8.97. The number of hydrogen-bond donors (Lipinski definition) is 1. The molecule has 84 valence electrons. The Morgan fingerprint density at radius 1 is 1.56 bits per heavy atom. The average Bonchev–Trinajstić information content (AvgIpc) is 2.88. The van der Waals surface area contributed by atoms with E-state index in [1.165, 1.54) is 0 Å². The number of nitrogens with two attached hydrogens (primary N) is 1. The Hall–Kier alpha value is -1.62. The third-order valence-electron chi connectivity index (χ3n) is 2.90. The molecule has 2 N–H and O–H groups in total. The van der Waals surface area contributed by atoms with Crippen LogP contribution < -0.4 is 5.73 Å². The maximum atomic E-state index is 5.81. The van der Waals surface area contributed by atoms with E-state index < -0.39 is 0 Å². The molecule has 0 aromatic carbocycles. The predicted octanol–water partition coefficient (Wildman–Crippen LogP) is 1.03. The highest BCUT2D eigenvalue weighted by molar-refractivity contribution is 5.46. The van der Waals surface area contributed by atoms with E-state index in [4.69, 9.17) is 10.5 Å². The number of rotatable bonds is 2. The average molecular weight is 218 g/mol. The molecule has 16 heavy (non-hydrogen) atoms.